The fraction of sp³-hybridized carbons (Fsp3) is 0.500. The molecule has 3 rings (SSSR count). The predicted molar refractivity (Wildman–Crippen MR) is 106 cm³/mol. The molecule has 0 saturated heterocycles. The van der Waals surface area contributed by atoms with E-state index < -0.39 is 11.0 Å². The van der Waals surface area contributed by atoms with Gasteiger partial charge < -0.3 is 10.5 Å². The molecule has 1 saturated carbocycles. The summed E-state index contributed by atoms with van der Waals surface area (Å²) in [5, 5.41) is 11.8. The summed E-state index contributed by atoms with van der Waals surface area (Å²) in [6.07, 6.45) is 0.737. The van der Waals surface area contributed by atoms with Crippen LogP contribution in [0.5, 0.6) is 0 Å². The van der Waals surface area contributed by atoms with Gasteiger partial charge in [0.15, 0.2) is 0 Å². The lowest BCUT2D eigenvalue weighted by molar-refractivity contribution is -0.166. The zero-order chi connectivity index (χ0) is 18.9. The van der Waals surface area contributed by atoms with Crippen molar-refractivity contribution in [1.29, 1.82) is 0 Å². The fourth-order valence-corrected chi connectivity index (χ4v) is 3.97. The Morgan fingerprint density at radius 2 is 2.11 bits per heavy atom. The van der Waals surface area contributed by atoms with E-state index in [-0.39, 0.29) is 30.2 Å². The molecule has 2 aromatic rings. The number of benzene rings is 1. The smallest absolute Gasteiger partial charge is 0.247 e. The van der Waals surface area contributed by atoms with Crippen molar-refractivity contribution < 1.29 is 13.9 Å². The maximum atomic E-state index is 13.7. The van der Waals surface area contributed by atoms with E-state index in [4.69, 9.17) is 10.5 Å². The maximum absolute atomic E-state index is 13.7. The third kappa shape index (κ3) is 3.99. The molecular formula is C18H24ClFN4O2S. The Bertz CT molecular complexity index is 816. The number of hydrogen-bond donors (Lipinski definition) is 2. The number of ether oxygens (including phenoxy) is 1. The number of nitrogens with two attached hydrogens (primary N) is 1. The van der Waals surface area contributed by atoms with Gasteiger partial charge in [-0.05, 0) is 18.6 Å². The number of carbonyl (C=O) groups excluding carboxylic acids is 1. The largest absolute Gasteiger partial charge is 0.378 e. The van der Waals surface area contributed by atoms with Crippen molar-refractivity contribution in [3.05, 3.63) is 40.7 Å². The molecule has 3 N–H and O–H groups in total. The van der Waals surface area contributed by atoms with Crippen LogP contribution in [-0.2, 0) is 16.0 Å². The predicted octanol–water partition coefficient (Wildman–Crippen LogP) is 3.16. The summed E-state index contributed by atoms with van der Waals surface area (Å²) in [7, 11) is 0. The van der Waals surface area contributed by atoms with Gasteiger partial charge in [-0.25, -0.2) is 4.39 Å². The lowest BCUT2D eigenvalue weighted by atomic mass is 9.54. The molecule has 2 unspecified atom stereocenters. The van der Waals surface area contributed by atoms with Crippen LogP contribution < -0.4 is 11.1 Å². The van der Waals surface area contributed by atoms with Crippen LogP contribution in [0.25, 0.3) is 0 Å². The van der Waals surface area contributed by atoms with Crippen molar-refractivity contribution in [1.82, 2.24) is 10.2 Å². The highest BCUT2D eigenvalue weighted by Crippen LogP contribution is 2.50. The van der Waals surface area contributed by atoms with Gasteiger partial charge in [0, 0.05) is 24.9 Å². The van der Waals surface area contributed by atoms with Crippen LogP contribution in [0.2, 0.25) is 0 Å². The van der Waals surface area contributed by atoms with E-state index in [1.807, 2.05) is 20.8 Å². The second kappa shape index (κ2) is 8.18. The minimum Gasteiger partial charge on any atom is -0.378 e. The average Bonchev–Trinajstić information content (AvgIpc) is 3.03. The summed E-state index contributed by atoms with van der Waals surface area (Å²) in [4.78, 5) is 12.7. The van der Waals surface area contributed by atoms with E-state index in [1.165, 1.54) is 17.4 Å². The molecule has 27 heavy (non-hydrogen) atoms. The van der Waals surface area contributed by atoms with Crippen molar-refractivity contribution in [3.63, 3.8) is 0 Å². The van der Waals surface area contributed by atoms with E-state index in [0.717, 1.165) is 0 Å². The number of hydrogen-bond acceptors (Lipinski definition) is 6. The lowest BCUT2D eigenvalue weighted by Gasteiger charge is -2.57. The van der Waals surface area contributed by atoms with Crippen LogP contribution in [0.3, 0.4) is 0 Å². The first-order valence-electron chi connectivity index (χ1n) is 8.55. The first-order valence-corrected chi connectivity index (χ1v) is 9.37. The second-order valence-corrected chi connectivity index (χ2v) is 8.13. The molecule has 0 spiro atoms. The summed E-state index contributed by atoms with van der Waals surface area (Å²) in [6, 6.07) is 6.52. The Labute approximate surface area is 168 Å². The van der Waals surface area contributed by atoms with Crippen molar-refractivity contribution in [2.45, 2.75) is 45.3 Å². The third-order valence-corrected chi connectivity index (χ3v) is 6.06. The Kier molecular flexibility index (Phi) is 6.57. The summed E-state index contributed by atoms with van der Waals surface area (Å²) in [5.74, 6) is -0.584. The van der Waals surface area contributed by atoms with E-state index in [1.54, 1.807) is 18.2 Å². The molecule has 1 heterocycles. The first-order chi connectivity index (χ1) is 12.3. The number of nitrogens with zero attached hydrogens (tertiary/aromatic N) is 2. The molecule has 0 aliphatic heterocycles. The minimum absolute atomic E-state index is 0. The molecule has 1 aliphatic rings. The maximum Gasteiger partial charge on any atom is 0.247 e. The highest BCUT2D eigenvalue weighted by Gasteiger charge is 2.63. The zero-order valence-corrected chi connectivity index (χ0v) is 17.1. The molecular weight excluding hydrogens is 391 g/mol. The summed E-state index contributed by atoms with van der Waals surface area (Å²) >= 11 is 1.22. The van der Waals surface area contributed by atoms with Gasteiger partial charge in [0.05, 0.1) is 6.10 Å². The number of anilines is 1. The standard InChI is InChI=1S/C18H23FN4O2S.ClH/c1-4-25-13-10-18(20,17(13,2)3)15(24)21-16-23-22-14(26-16)9-11-7-5-6-8-12(11)19;/h5-8,13H,4,9-10,20H2,1-3H3,(H,21,23,24);1H. The number of halogens is 2. The third-order valence-electron chi connectivity index (χ3n) is 5.22. The van der Waals surface area contributed by atoms with Gasteiger partial charge in [-0.15, -0.1) is 22.6 Å². The Hall–Kier alpha value is -1.61. The number of nitrogens with one attached hydrogen (secondary N) is 1. The van der Waals surface area contributed by atoms with Crippen LogP contribution in [-0.4, -0.2) is 34.4 Å². The van der Waals surface area contributed by atoms with Gasteiger partial charge in [-0.2, -0.15) is 0 Å². The normalized spacial score (nSPS) is 23.2. The average molecular weight is 415 g/mol. The Morgan fingerprint density at radius 3 is 2.74 bits per heavy atom. The van der Waals surface area contributed by atoms with Gasteiger partial charge in [-0.3, -0.25) is 10.1 Å². The number of aromatic nitrogens is 2. The van der Waals surface area contributed by atoms with Crippen LogP contribution in [0.1, 0.15) is 37.8 Å². The molecule has 1 aromatic carbocycles. The Balaban J connectivity index is 0.00000261. The molecule has 0 bridgehead atoms. The van der Waals surface area contributed by atoms with Crippen molar-refractivity contribution in [2.75, 3.05) is 11.9 Å². The second-order valence-electron chi connectivity index (χ2n) is 7.06. The molecule has 1 fully saturated rings. The van der Waals surface area contributed by atoms with E-state index in [9.17, 15) is 9.18 Å². The van der Waals surface area contributed by atoms with E-state index in [2.05, 4.69) is 15.5 Å². The van der Waals surface area contributed by atoms with Crippen molar-refractivity contribution >= 4 is 34.8 Å². The molecule has 9 heteroatoms. The molecule has 1 aliphatic carbocycles. The molecule has 1 aromatic heterocycles. The Morgan fingerprint density at radius 1 is 1.41 bits per heavy atom. The first kappa shape index (κ1) is 21.7. The van der Waals surface area contributed by atoms with Crippen LogP contribution in [0.15, 0.2) is 24.3 Å². The minimum atomic E-state index is -1.02. The number of amides is 1. The zero-order valence-electron chi connectivity index (χ0n) is 15.5. The van der Waals surface area contributed by atoms with Gasteiger partial charge in [0.25, 0.3) is 0 Å². The topological polar surface area (TPSA) is 90.1 Å². The van der Waals surface area contributed by atoms with Crippen LogP contribution in [0.4, 0.5) is 9.52 Å². The van der Waals surface area contributed by atoms with Gasteiger partial charge in [0.1, 0.15) is 16.4 Å². The molecule has 6 nitrogen and oxygen atoms in total. The van der Waals surface area contributed by atoms with Crippen molar-refractivity contribution in [2.24, 2.45) is 11.1 Å². The van der Waals surface area contributed by atoms with Crippen LogP contribution in [0, 0.1) is 11.2 Å². The van der Waals surface area contributed by atoms with Crippen molar-refractivity contribution in [3.8, 4) is 0 Å². The summed E-state index contributed by atoms with van der Waals surface area (Å²) < 4.78 is 19.4. The quantitative estimate of drug-likeness (QED) is 0.757. The SMILES string of the molecule is CCOC1CC(N)(C(=O)Nc2nnc(Cc3ccccc3F)s2)C1(C)C.Cl. The molecule has 0 radical (unpaired) electrons. The van der Waals surface area contributed by atoms with Crippen LogP contribution >= 0.6 is 23.7 Å². The fourth-order valence-electron chi connectivity index (χ4n) is 3.21. The molecule has 2 atom stereocenters. The highest BCUT2D eigenvalue weighted by molar-refractivity contribution is 7.15. The number of carbonyl (C=O) groups is 1. The summed E-state index contributed by atoms with van der Waals surface area (Å²) in [5.41, 5.74) is 5.39. The number of rotatable bonds is 6. The summed E-state index contributed by atoms with van der Waals surface area (Å²) in [6.45, 7) is 6.37. The van der Waals surface area contributed by atoms with Gasteiger partial charge in [-0.1, -0.05) is 43.4 Å². The monoisotopic (exact) mass is 414 g/mol. The van der Waals surface area contributed by atoms with Gasteiger partial charge >= 0.3 is 0 Å². The van der Waals surface area contributed by atoms with Gasteiger partial charge in [0.2, 0.25) is 11.0 Å². The molecule has 1 amide bonds. The van der Waals surface area contributed by atoms with E-state index >= 15 is 0 Å². The lowest BCUT2D eigenvalue weighted by Crippen LogP contribution is -2.74. The highest BCUT2D eigenvalue weighted by atomic mass is 35.5. The molecule has 148 valence electrons. The van der Waals surface area contributed by atoms with E-state index in [0.29, 0.717) is 35.2 Å².